The van der Waals surface area contributed by atoms with Crippen LogP contribution in [0.15, 0.2) is 11.6 Å². The molecule has 1 rings (SSSR count). The van der Waals surface area contributed by atoms with Gasteiger partial charge in [-0.2, -0.15) is 0 Å². The second-order valence-electron chi connectivity index (χ2n) is 3.35. The van der Waals surface area contributed by atoms with Crippen molar-refractivity contribution in [1.82, 2.24) is 0 Å². The van der Waals surface area contributed by atoms with E-state index < -0.39 is 18.2 Å². The summed E-state index contributed by atoms with van der Waals surface area (Å²) in [6.45, 7) is 1.78. The van der Waals surface area contributed by atoms with Crippen LogP contribution < -0.4 is 0 Å². The zero-order valence-corrected chi connectivity index (χ0v) is 7.73. The summed E-state index contributed by atoms with van der Waals surface area (Å²) in [5.74, 6) is -0.549. The largest absolute Gasteiger partial charge is 0.466 e. The van der Waals surface area contributed by atoms with E-state index in [1.165, 1.54) is 13.2 Å². The van der Waals surface area contributed by atoms with E-state index in [4.69, 9.17) is 0 Å². The van der Waals surface area contributed by atoms with Crippen molar-refractivity contribution in [1.29, 1.82) is 0 Å². The fourth-order valence-corrected chi connectivity index (χ4v) is 1.46. The fourth-order valence-electron chi connectivity index (χ4n) is 1.46. The van der Waals surface area contributed by atoms with Crippen LogP contribution in [0.25, 0.3) is 0 Å². The fraction of sp³-hybridized carbons (Fsp3) is 0.667. The second kappa shape index (κ2) is 3.89. The quantitative estimate of drug-likeness (QED) is 0.559. The highest BCUT2D eigenvalue weighted by molar-refractivity contribution is 5.88. The van der Waals surface area contributed by atoms with Crippen molar-refractivity contribution in [3.05, 3.63) is 11.6 Å². The molecule has 0 aromatic rings. The van der Waals surface area contributed by atoms with E-state index in [0.29, 0.717) is 12.0 Å². The van der Waals surface area contributed by atoms with E-state index in [0.717, 1.165) is 0 Å². The van der Waals surface area contributed by atoms with Gasteiger partial charge in [-0.1, -0.05) is 6.92 Å². The first-order chi connectivity index (χ1) is 6.06. The first-order valence-corrected chi connectivity index (χ1v) is 4.21. The number of ether oxygens (including phenoxy) is 1. The number of aliphatic hydroxyl groups excluding tert-OH is 2. The molecule has 1 aliphatic rings. The molecule has 1 aliphatic carbocycles. The van der Waals surface area contributed by atoms with Gasteiger partial charge in [-0.05, 0) is 18.4 Å². The summed E-state index contributed by atoms with van der Waals surface area (Å²) in [5.41, 5.74) is 0.438. The zero-order chi connectivity index (χ0) is 10.0. The van der Waals surface area contributed by atoms with Crippen molar-refractivity contribution in [3.63, 3.8) is 0 Å². The third-order valence-corrected chi connectivity index (χ3v) is 2.29. The summed E-state index contributed by atoms with van der Waals surface area (Å²) in [6.07, 6.45) is 0.0627. The molecule has 0 radical (unpaired) electrons. The van der Waals surface area contributed by atoms with Crippen LogP contribution in [0.1, 0.15) is 13.3 Å². The van der Waals surface area contributed by atoms with Crippen LogP contribution >= 0.6 is 0 Å². The van der Waals surface area contributed by atoms with Crippen molar-refractivity contribution >= 4 is 5.97 Å². The Bertz CT molecular complexity index is 234. The average molecular weight is 186 g/mol. The Kier molecular flexibility index (Phi) is 3.06. The van der Waals surface area contributed by atoms with Gasteiger partial charge in [0.05, 0.1) is 19.3 Å². The Morgan fingerprint density at radius 3 is 2.69 bits per heavy atom. The molecule has 13 heavy (non-hydrogen) atoms. The molecule has 4 nitrogen and oxygen atoms in total. The van der Waals surface area contributed by atoms with Crippen molar-refractivity contribution in [2.75, 3.05) is 7.11 Å². The zero-order valence-electron chi connectivity index (χ0n) is 7.73. The second-order valence-corrected chi connectivity index (χ2v) is 3.35. The standard InChI is InChI=1S/C9H14O4/c1-5-3-6(9(12)13-2)4-7(10)8(5)11/h4-5,7-8,10-11H,3H2,1-2H3/t5-,7-,8+/m1/s1. The van der Waals surface area contributed by atoms with Gasteiger partial charge in [0.1, 0.15) is 0 Å². The van der Waals surface area contributed by atoms with Gasteiger partial charge in [-0.25, -0.2) is 4.79 Å². The van der Waals surface area contributed by atoms with Crippen LogP contribution in [-0.2, 0) is 9.53 Å². The number of carbonyl (C=O) groups excluding carboxylic acids is 1. The molecule has 0 aromatic heterocycles. The predicted molar refractivity (Wildman–Crippen MR) is 45.9 cm³/mol. The van der Waals surface area contributed by atoms with Crippen molar-refractivity contribution in [2.45, 2.75) is 25.6 Å². The number of rotatable bonds is 1. The molecule has 2 N–H and O–H groups in total. The van der Waals surface area contributed by atoms with Crippen molar-refractivity contribution < 1.29 is 19.7 Å². The van der Waals surface area contributed by atoms with Gasteiger partial charge in [0.25, 0.3) is 0 Å². The van der Waals surface area contributed by atoms with Gasteiger partial charge in [0.2, 0.25) is 0 Å². The monoisotopic (exact) mass is 186 g/mol. The Labute approximate surface area is 76.8 Å². The smallest absolute Gasteiger partial charge is 0.333 e. The molecule has 3 atom stereocenters. The van der Waals surface area contributed by atoms with Crippen LogP contribution in [0, 0.1) is 5.92 Å². The molecule has 0 spiro atoms. The molecule has 74 valence electrons. The van der Waals surface area contributed by atoms with Crippen LogP contribution in [0.5, 0.6) is 0 Å². The van der Waals surface area contributed by atoms with E-state index in [9.17, 15) is 15.0 Å². The maximum atomic E-state index is 11.1. The van der Waals surface area contributed by atoms with Gasteiger partial charge in [0.15, 0.2) is 0 Å². The van der Waals surface area contributed by atoms with Crippen molar-refractivity contribution in [2.24, 2.45) is 5.92 Å². The lowest BCUT2D eigenvalue weighted by molar-refractivity contribution is -0.137. The van der Waals surface area contributed by atoms with Crippen LogP contribution in [-0.4, -0.2) is 35.5 Å². The van der Waals surface area contributed by atoms with Gasteiger partial charge in [-0.15, -0.1) is 0 Å². The van der Waals surface area contributed by atoms with Gasteiger partial charge in [-0.3, -0.25) is 0 Å². The van der Waals surface area contributed by atoms with E-state index in [1.54, 1.807) is 6.92 Å². The number of methoxy groups -OCH3 is 1. The van der Waals surface area contributed by atoms with E-state index in [1.807, 2.05) is 0 Å². The highest BCUT2D eigenvalue weighted by Crippen LogP contribution is 2.24. The van der Waals surface area contributed by atoms with Gasteiger partial charge < -0.3 is 14.9 Å². The van der Waals surface area contributed by atoms with E-state index >= 15 is 0 Å². The van der Waals surface area contributed by atoms with Gasteiger partial charge in [0, 0.05) is 5.57 Å². The maximum absolute atomic E-state index is 11.1. The minimum Gasteiger partial charge on any atom is -0.466 e. The lowest BCUT2D eigenvalue weighted by Gasteiger charge is -2.27. The van der Waals surface area contributed by atoms with Crippen LogP contribution in [0.3, 0.4) is 0 Å². The average Bonchev–Trinajstić information content (AvgIpc) is 2.12. The minimum absolute atomic E-state index is 0.117. The van der Waals surface area contributed by atoms with Crippen LogP contribution in [0.4, 0.5) is 0 Å². The maximum Gasteiger partial charge on any atom is 0.333 e. The summed E-state index contributed by atoms with van der Waals surface area (Å²) >= 11 is 0. The molecule has 0 aliphatic heterocycles. The number of hydrogen-bond acceptors (Lipinski definition) is 4. The Balaban J connectivity index is 2.78. The predicted octanol–water partition coefficient (Wildman–Crippen LogP) is -0.153. The molecule has 0 aromatic carbocycles. The third kappa shape index (κ3) is 2.08. The Morgan fingerprint density at radius 1 is 1.62 bits per heavy atom. The minimum atomic E-state index is -0.960. The topological polar surface area (TPSA) is 66.8 Å². The molecular weight excluding hydrogens is 172 g/mol. The highest BCUT2D eigenvalue weighted by Gasteiger charge is 2.30. The summed E-state index contributed by atoms with van der Waals surface area (Å²) in [4.78, 5) is 11.1. The molecule has 0 unspecified atom stereocenters. The number of carbonyl (C=O) groups is 1. The molecular formula is C9H14O4. The lowest BCUT2D eigenvalue weighted by Crippen LogP contribution is -2.35. The first kappa shape index (κ1) is 10.2. The summed E-state index contributed by atoms with van der Waals surface area (Å²) in [6, 6.07) is 0. The molecule has 0 fully saturated rings. The molecule has 0 saturated carbocycles. The van der Waals surface area contributed by atoms with Crippen molar-refractivity contribution in [3.8, 4) is 0 Å². The lowest BCUT2D eigenvalue weighted by atomic mass is 9.86. The molecule has 0 bridgehead atoms. The molecule has 0 heterocycles. The Hall–Kier alpha value is -0.870. The number of hydrogen-bond donors (Lipinski definition) is 2. The summed E-state index contributed by atoms with van der Waals surface area (Å²) in [7, 11) is 1.30. The van der Waals surface area contributed by atoms with Gasteiger partial charge >= 0.3 is 5.97 Å². The third-order valence-electron chi connectivity index (χ3n) is 2.29. The first-order valence-electron chi connectivity index (χ1n) is 4.21. The normalized spacial score (nSPS) is 33.8. The highest BCUT2D eigenvalue weighted by atomic mass is 16.5. The van der Waals surface area contributed by atoms with Crippen LogP contribution in [0.2, 0.25) is 0 Å². The Morgan fingerprint density at radius 2 is 2.23 bits per heavy atom. The summed E-state index contributed by atoms with van der Waals surface area (Å²) < 4.78 is 4.52. The molecule has 0 saturated heterocycles. The van der Waals surface area contributed by atoms with E-state index in [-0.39, 0.29) is 5.92 Å². The number of aliphatic hydroxyl groups is 2. The van der Waals surface area contributed by atoms with E-state index in [2.05, 4.69) is 4.74 Å². The number of esters is 1. The summed E-state index contributed by atoms with van der Waals surface area (Å²) in [5, 5.41) is 18.7. The molecule has 4 heteroatoms. The SMILES string of the molecule is COC(=O)C1=C[C@@H](O)[C@@H](O)[C@H](C)C1. The molecule has 0 amide bonds.